The molecule has 1 atom stereocenters. The van der Waals surface area contributed by atoms with Crippen molar-refractivity contribution in [3.8, 4) is 0 Å². The minimum atomic E-state index is -0.205. The molecule has 0 aromatic carbocycles. The summed E-state index contributed by atoms with van der Waals surface area (Å²) in [7, 11) is 0. The molecule has 0 saturated carbocycles. The molecular weight excluding hydrogens is 358 g/mol. The second kappa shape index (κ2) is 4.58. The predicted octanol–water partition coefficient (Wildman–Crippen LogP) is 3.28. The third kappa shape index (κ3) is 2.24. The Morgan fingerprint density at radius 2 is 2.25 bits per heavy atom. The molecule has 2 rings (SSSR count). The molecule has 0 radical (unpaired) electrons. The van der Waals surface area contributed by atoms with E-state index in [1.165, 1.54) is 16.2 Å². The molecular formula is C10H9Br2NO2S. The lowest BCUT2D eigenvalue weighted by Crippen LogP contribution is -2.32. The summed E-state index contributed by atoms with van der Waals surface area (Å²) in [6.45, 7) is 2.50. The van der Waals surface area contributed by atoms with Gasteiger partial charge in [-0.2, -0.15) is 0 Å². The largest absolute Gasteiger partial charge is 0.278 e. The molecule has 3 nitrogen and oxygen atoms in total. The molecule has 0 N–H and O–H groups in total. The Morgan fingerprint density at radius 1 is 1.56 bits per heavy atom. The van der Waals surface area contributed by atoms with Crippen LogP contribution in [0.1, 0.15) is 23.7 Å². The van der Waals surface area contributed by atoms with Crippen LogP contribution in [0.3, 0.4) is 0 Å². The van der Waals surface area contributed by atoms with E-state index in [0.29, 0.717) is 18.5 Å². The van der Waals surface area contributed by atoms with Gasteiger partial charge in [-0.25, -0.2) is 0 Å². The Bertz CT molecular complexity index is 458. The van der Waals surface area contributed by atoms with Crippen LogP contribution in [0.25, 0.3) is 0 Å². The van der Waals surface area contributed by atoms with Gasteiger partial charge in [0.2, 0.25) is 5.91 Å². The SMILES string of the molecule is CC1CC(=O)N(C(=O)c2cc(Br)sc2Br)C1. The first-order valence-corrected chi connectivity index (χ1v) is 7.19. The average Bonchev–Trinajstić information content (AvgIpc) is 2.68. The van der Waals surface area contributed by atoms with Crippen molar-refractivity contribution in [1.82, 2.24) is 4.90 Å². The van der Waals surface area contributed by atoms with Gasteiger partial charge in [-0.3, -0.25) is 14.5 Å². The summed E-state index contributed by atoms with van der Waals surface area (Å²) in [5, 5.41) is 0. The highest BCUT2D eigenvalue weighted by atomic mass is 79.9. The van der Waals surface area contributed by atoms with Crippen molar-refractivity contribution in [3.63, 3.8) is 0 Å². The van der Waals surface area contributed by atoms with Gasteiger partial charge >= 0.3 is 0 Å². The summed E-state index contributed by atoms with van der Waals surface area (Å²) < 4.78 is 1.64. The number of likely N-dealkylation sites (tertiary alicyclic amines) is 1. The zero-order valence-electron chi connectivity index (χ0n) is 8.50. The van der Waals surface area contributed by atoms with Crippen molar-refractivity contribution in [3.05, 3.63) is 19.2 Å². The average molecular weight is 367 g/mol. The summed E-state index contributed by atoms with van der Waals surface area (Å²) in [5.41, 5.74) is 0.555. The molecule has 86 valence electrons. The second-order valence-corrected chi connectivity index (χ2v) is 7.61. The van der Waals surface area contributed by atoms with E-state index in [2.05, 4.69) is 31.9 Å². The van der Waals surface area contributed by atoms with Crippen LogP contribution in [0.15, 0.2) is 13.6 Å². The highest BCUT2D eigenvalue weighted by molar-refractivity contribution is 9.12. The first-order chi connectivity index (χ1) is 7.49. The topological polar surface area (TPSA) is 37.4 Å². The molecule has 2 amide bonds. The lowest BCUT2D eigenvalue weighted by Gasteiger charge is -2.13. The number of nitrogens with zero attached hydrogens (tertiary/aromatic N) is 1. The molecule has 6 heteroatoms. The van der Waals surface area contributed by atoms with Crippen LogP contribution in [0, 0.1) is 5.92 Å². The van der Waals surface area contributed by atoms with Crippen LogP contribution in [-0.2, 0) is 4.79 Å². The third-order valence-electron chi connectivity index (χ3n) is 2.45. The van der Waals surface area contributed by atoms with E-state index >= 15 is 0 Å². The lowest BCUT2D eigenvalue weighted by molar-refractivity contribution is -0.125. The molecule has 1 aromatic heterocycles. The first kappa shape index (κ1) is 12.3. The monoisotopic (exact) mass is 365 g/mol. The number of halogens is 2. The maximum atomic E-state index is 12.1. The standard InChI is InChI=1S/C10H9Br2NO2S/c1-5-2-8(14)13(4-5)10(15)6-3-7(11)16-9(6)12/h3,5H,2,4H2,1H3. The molecule has 0 aliphatic carbocycles. The fourth-order valence-electron chi connectivity index (χ4n) is 1.71. The number of hydrogen-bond acceptors (Lipinski definition) is 3. The third-order valence-corrected chi connectivity index (χ3v) is 4.79. The van der Waals surface area contributed by atoms with Gasteiger partial charge in [-0.05, 0) is 43.8 Å². The minimum Gasteiger partial charge on any atom is -0.278 e. The van der Waals surface area contributed by atoms with Gasteiger partial charge in [0, 0.05) is 13.0 Å². The van der Waals surface area contributed by atoms with Crippen LogP contribution in [0.2, 0.25) is 0 Å². The van der Waals surface area contributed by atoms with Gasteiger partial charge in [-0.1, -0.05) is 6.92 Å². The molecule has 0 bridgehead atoms. The molecule has 0 spiro atoms. The van der Waals surface area contributed by atoms with Gasteiger partial charge < -0.3 is 0 Å². The van der Waals surface area contributed by atoms with E-state index in [1.807, 2.05) is 6.92 Å². The number of hydrogen-bond donors (Lipinski definition) is 0. The van der Waals surface area contributed by atoms with Gasteiger partial charge in [0.1, 0.15) is 0 Å². The highest BCUT2D eigenvalue weighted by Crippen LogP contribution is 2.33. The van der Waals surface area contributed by atoms with Crippen molar-refractivity contribution in [2.75, 3.05) is 6.54 Å². The molecule has 2 heterocycles. The number of amides is 2. The van der Waals surface area contributed by atoms with Crippen molar-refractivity contribution in [2.24, 2.45) is 5.92 Å². The van der Waals surface area contributed by atoms with E-state index in [0.717, 1.165) is 7.57 Å². The summed E-state index contributed by atoms with van der Waals surface area (Å²) in [6, 6.07) is 1.74. The van der Waals surface area contributed by atoms with Crippen molar-refractivity contribution < 1.29 is 9.59 Å². The summed E-state index contributed by atoms with van der Waals surface area (Å²) in [6.07, 6.45) is 0.467. The van der Waals surface area contributed by atoms with E-state index in [4.69, 9.17) is 0 Å². The number of thiophene rings is 1. The molecule has 1 aliphatic rings. The fourth-order valence-corrected chi connectivity index (χ4v) is 4.49. The smallest absolute Gasteiger partial charge is 0.262 e. The van der Waals surface area contributed by atoms with Crippen molar-refractivity contribution >= 4 is 55.0 Å². The van der Waals surface area contributed by atoms with Gasteiger partial charge in [0.15, 0.2) is 0 Å². The Morgan fingerprint density at radius 3 is 2.69 bits per heavy atom. The maximum absolute atomic E-state index is 12.1. The first-order valence-electron chi connectivity index (χ1n) is 4.78. The lowest BCUT2D eigenvalue weighted by atomic mass is 10.2. The molecule has 1 unspecified atom stereocenters. The summed E-state index contributed by atoms with van der Waals surface area (Å²) >= 11 is 8.08. The van der Waals surface area contributed by atoms with Crippen molar-refractivity contribution in [1.29, 1.82) is 0 Å². The maximum Gasteiger partial charge on any atom is 0.262 e. The Kier molecular flexibility index (Phi) is 3.51. The molecule has 1 aromatic rings. The predicted molar refractivity (Wildman–Crippen MR) is 69.5 cm³/mol. The minimum absolute atomic E-state index is 0.0771. The Hall–Kier alpha value is -0.200. The summed E-state index contributed by atoms with van der Waals surface area (Å²) in [5.74, 6) is -0.0211. The van der Waals surface area contributed by atoms with Crippen LogP contribution in [0.4, 0.5) is 0 Å². The highest BCUT2D eigenvalue weighted by Gasteiger charge is 2.33. The number of rotatable bonds is 1. The Labute approximate surface area is 114 Å². The number of carbonyl (C=O) groups is 2. The second-order valence-electron chi connectivity index (χ2n) is 3.86. The van der Waals surface area contributed by atoms with E-state index in [-0.39, 0.29) is 17.7 Å². The molecule has 1 fully saturated rings. The normalized spacial score (nSPS) is 20.6. The van der Waals surface area contributed by atoms with Crippen LogP contribution in [-0.4, -0.2) is 23.3 Å². The fraction of sp³-hybridized carbons (Fsp3) is 0.400. The van der Waals surface area contributed by atoms with E-state index in [1.54, 1.807) is 6.07 Å². The van der Waals surface area contributed by atoms with E-state index in [9.17, 15) is 9.59 Å². The molecule has 1 saturated heterocycles. The van der Waals surface area contributed by atoms with E-state index < -0.39 is 0 Å². The number of imide groups is 1. The van der Waals surface area contributed by atoms with Gasteiger partial charge in [-0.15, -0.1) is 11.3 Å². The van der Waals surface area contributed by atoms with Crippen LogP contribution in [0.5, 0.6) is 0 Å². The Balaban J connectivity index is 2.26. The van der Waals surface area contributed by atoms with Crippen LogP contribution < -0.4 is 0 Å². The zero-order valence-corrected chi connectivity index (χ0v) is 12.5. The quantitative estimate of drug-likeness (QED) is 0.715. The van der Waals surface area contributed by atoms with Crippen molar-refractivity contribution in [2.45, 2.75) is 13.3 Å². The molecule has 16 heavy (non-hydrogen) atoms. The van der Waals surface area contributed by atoms with Gasteiger partial charge in [0.25, 0.3) is 5.91 Å². The van der Waals surface area contributed by atoms with Crippen LogP contribution >= 0.6 is 43.2 Å². The summed E-state index contributed by atoms with van der Waals surface area (Å²) in [4.78, 5) is 25.0. The molecule has 1 aliphatic heterocycles. The number of carbonyl (C=O) groups excluding carboxylic acids is 2. The van der Waals surface area contributed by atoms with Gasteiger partial charge in [0.05, 0.1) is 13.1 Å². The zero-order chi connectivity index (χ0) is 11.9.